The molecule has 0 radical (unpaired) electrons. The molecule has 0 bridgehead atoms. The lowest BCUT2D eigenvalue weighted by Gasteiger charge is -2.45. The molecule has 1 saturated heterocycles. The van der Waals surface area contributed by atoms with E-state index in [2.05, 4.69) is 11.8 Å². The molecule has 0 spiro atoms. The van der Waals surface area contributed by atoms with E-state index in [-0.39, 0.29) is 11.3 Å². The number of allylic oxidation sites excluding steroid dienone is 1. The predicted molar refractivity (Wildman–Crippen MR) is 93.9 cm³/mol. The molecule has 4 nitrogen and oxygen atoms in total. The van der Waals surface area contributed by atoms with Crippen LogP contribution in [0.5, 0.6) is 0 Å². The lowest BCUT2D eigenvalue weighted by atomic mass is 9.85. The zero-order chi connectivity index (χ0) is 17.8. The van der Waals surface area contributed by atoms with E-state index in [1.807, 2.05) is 58.0 Å². The van der Waals surface area contributed by atoms with Gasteiger partial charge in [-0.05, 0) is 26.0 Å². The fourth-order valence-electron chi connectivity index (χ4n) is 2.35. The van der Waals surface area contributed by atoms with Crippen LogP contribution in [0.3, 0.4) is 0 Å². The fourth-order valence-corrected chi connectivity index (χ4v) is 2.35. The van der Waals surface area contributed by atoms with Gasteiger partial charge in [-0.3, -0.25) is 4.79 Å². The topological polar surface area (TPSA) is 38.8 Å². The van der Waals surface area contributed by atoms with Crippen molar-refractivity contribution < 1.29 is 14.3 Å². The molecule has 1 aliphatic rings. The number of benzene rings is 1. The van der Waals surface area contributed by atoms with E-state index in [9.17, 15) is 4.79 Å². The second-order valence-electron chi connectivity index (χ2n) is 7.08. The van der Waals surface area contributed by atoms with Crippen LogP contribution in [0.25, 0.3) is 0 Å². The van der Waals surface area contributed by atoms with Gasteiger partial charge in [0.2, 0.25) is 0 Å². The summed E-state index contributed by atoms with van der Waals surface area (Å²) in [5, 5.41) is 0. The fraction of sp³-hybridized carbons (Fsp3) is 0.450. The van der Waals surface area contributed by atoms with Crippen LogP contribution < -0.4 is 0 Å². The van der Waals surface area contributed by atoms with Crippen LogP contribution in [-0.2, 0) is 14.3 Å². The first kappa shape index (κ1) is 18.3. The highest BCUT2D eigenvalue weighted by molar-refractivity contribution is 5.82. The average molecular weight is 327 g/mol. The number of likely N-dealkylation sites (N-methyl/N-ethyl adjacent to an activating group) is 1. The normalized spacial score (nSPS) is 21.8. The van der Waals surface area contributed by atoms with Crippen molar-refractivity contribution in [1.29, 1.82) is 0 Å². The van der Waals surface area contributed by atoms with Gasteiger partial charge in [0.05, 0.1) is 6.61 Å². The van der Waals surface area contributed by atoms with Crippen molar-refractivity contribution in [2.75, 3.05) is 13.7 Å². The molecule has 1 aromatic rings. The summed E-state index contributed by atoms with van der Waals surface area (Å²) in [7, 11) is 1.71. The molecule has 0 aliphatic carbocycles. The van der Waals surface area contributed by atoms with Crippen LogP contribution in [0.4, 0.5) is 0 Å². The van der Waals surface area contributed by atoms with Gasteiger partial charge in [-0.2, -0.15) is 0 Å². The minimum atomic E-state index is -0.756. The second-order valence-corrected chi connectivity index (χ2v) is 7.08. The van der Waals surface area contributed by atoms with Gasteiger partial charge >= 0.3 is 0 Å². The molecule has 4 heteroatoms. The third-order valence-electron chi connectivity index (χ3n) is 3.85. The number of hydrogen-bond donors (Lipinski definition) is 0. The van der Waals surface area contributed by atoms with E-state index in [1.165, 1.54) is 4.90 Å². The van der Waals surface area contributed by atoms with Crippen molar-refractivity contribution in [2.45, 2.75) is 39.6 Å². The lowest BCUT2D eigenvalue weighted by molar-refractivity contribution is -0.305. The van der Waals surface area contributed by atoms with E-state index >= 15 is 0 Å². The number of ether oxygens (including phenoxy) is 2. The van der Waals surface area contributed by atoms with E-state index in [1.54, 1.807) is 19.3 Å². The molecule has 0 saturated carbocycles. The molecule has 1 amide bonds. The first-order chi connectivity index (χ1) is 11.2. The standard InChI is InChI=1S/C20H25NO3/c1-19(2)15-23-20(3,4)24-17(19)18(22)21(5)14-10-9-13-16-11-7-6-8-12-16/h6-8,10-12,14,17H,15H2,1-5H3/b14-10-. The maximum atomic E-state index is 12.7. The Kier molecular flexibility index (Phi) is 5.48. The molecule has 0 N–H and O–H groups in total. The molecule has 1 aliphatic heterocycles. The first-order valence-corrected chi connectivity index (χ1v) is 8.03. The summed E-state index contributed by atoms with van der Waals surface area (Å²) in [6, 6.07) is 9.71. The molecule has 1 atom stereocenters. The van der Waals surface area contributed by atoms with Crippen molar-refractivity contribution in [3.63, 3.8) is 0 Å². The van der Waals surface area contributed by atoms with Gasteiger partial charge in [-0.15, -0.1) is 0 Å². The Morgan fingerprint density at radius 2 is 1.92 bits per heavy atom. The van der Waals surface area contributed by atoms with E-state index in [0.29, 0.717) is 6.61 Å². The summed E-state index contributed by atoms with van der Waals surface area (Å²) in [4.78, 5) is 14.2. The summed E-state index contributed by atoms with van der Waals surface area (Å²) in [5.41, 5.74) is 0.552. The Hall–Kier alpha value is -2.09. The predicted octanol–water partition coefficient (Wildman–Crippen LogP) is 3.19. The highest BCUT2D eigenvalue weighted by Gasteiger charge is 2.46. The van der Waals surface area contributed by atoms with Gasteiger partial charge in [-0.25, -0.2) is 0 Å². The summed E-state index contributed by atoms with van der Waals surface area (Å²) in [6.45, 7) is 8.06. The lowest BCUT2D eigenvalue weighted by Crippen LogP contribution is -2.56. The molecule has 1 aromatic carbocycles. The largest absolute Gasteiger partial charge is 0.350 e. The van der Waals surface area contributed by atoms with Crippen LogP contribution in [0.1, 0.15) is 33.3 Å². The molecule has 1 heterocycles. The molecular weight excluding hydrogens is 302 g/mol. The number of carbonyl (C=O) groups excluding carboxylic acids is 1. The van der Waals surface area contributed by atoms with Gasteiger partial charge in [-0.1, -0.05) is 43.9 Å². The quantitative estimate of drug-likeness (QED) is 0.783. The van der Waals surface area contributed by atoms with Gasteiger partial charge in [0, 0.05) is 30.3 Å². The van der Waals surface area contributed by atoms with Crippen LogP contribution >= 0.6 is 0 Å². The minimum Gasteiger partial charge on any atom is -0.350 e. The Morgan fingerprint density at radius 3 is 2.58 bits per heavy atom. The van der Waals surface area contributed by atoms with Crippen LogP contribution in [0, 0.1) is 17.3 Å². The minimum absolute atomic E-state index is 0.103. The number of amides is 1. The molecule has 2 rings (SSSR count). The van der Waals surface area contributed by atoms with Crippen LogP contribution in [0.15, 0.2) is 42.6 Å². The van der Waals surface area contributed by atoms with E-state index in [0.717, 1.165) is 5.56 Å². The molecule has 128 valence electrons. The molecular formula is C20H25NO3. The summed E-state index contributed by atoms with van der Waals surface area (Å²) in [6.07, 6.45) is 2.78. The average Bonchev–Trinajstić information content (AvgIpc) is 2.54. The van der Waals surface area contributed by atoms with Gasteiger partial charge in [0.1, 0.15) is 6.10 Å². The number of hydrogen-bond acceptors (Lipinski definition) is 3. The number of carbonyl (C=O) groups is 1. The summed E-state index contributed by atoms with van der Waals surface area (Å²) in [5.74, 6) is 5.10. The van der Waals surface area contributed by atoms with Crippen LogP contribution in [0.2, 0.25) is 0 Å². The Morgan fingerprint density at radius 1 is 1.25 bits per heavy atom. The molecule has 0 aromatic heterocycles. The highest BCUT2D eigenvalue weighted by Crippen LogP contribution is 2.35. The third-order valence-corrected chi connectivity index (χ3v) is 3.85. The first-order valence-electron chi connectivity index (χ1n) is 8.03. The Labute approximate surface area is 144 Å². The van der Waals surface area contributed by atoms with Gasteiger partial charge in [0.25, 0.3) is 5.91 Å². The van der Waals surface area contributed by atoms with Gasteiger partial charge in [0.15, 0.2) is 5.79 Å². The Bertz CT molecular complexity index is 665. The van der Waals surface area contributed by atoms with Crippen LogP contribution in [-0.4, -0.2) is 36.4 Å². The van der Waals surface area contributed by atoms with Gasteiger partial charge < -0.3 is 14.4 Å². The third kappa shape index (κ3) is 4.70. The number of nitrogens with zero attached hydrogens (tertiary/aromatic N) is 1. The SMILES string of the molecule is CN(/C=C\C#Cc1ccccc1)C(=O)C1OC(C)(C)OCC1(C)C. The van der Waals surface area contributed by atoms with Crippen molar-refractivity contribution in [3.8, 4) is 11.8 Å². The smallest absolute Gasteiger partial charge is 0.256 e. The number of rotatable bonds is 2. The molecule has 24 heavy (non-hydrogen) atoms. The highest BCUT2D eigenvalue weighted by atomic mass is 16.7. The van der Waals surface area contributed by atoms with E-state index < -0.39 is 11.9 Å². The maximum Gasteiger partial charge on any atom is 0.256 e. The molecule has 1 unspecified atom stereocenters. The van der Waals surface area contributed by atoms with Crippen molar-refractivity contribution in [1.82, 2.24) is 4.90 Å². The summed E-state index contributed by atoms with van der Waals surface area (Å²) >= 11 is 0. The molecule has 1 fully saturated rings. The zero-order valence-corrected chi connectivity index (χ0v) is 15.0. The summed E-state index contributed by atoms with van der Waals surface area (Å²) < 4.78 is 11.5. The maximum absolute atomic E-state index is 12.7. The van der Waals surface area contributed by atoms with Crippen molar-refractivity contribution in [2.24, 2.45) is 5.41 Å². The Balaban J connectivity index is 2.03. The van der Waals surface area contributed by atoms with Crippen molar-refractivity contribution >= 4 is 5.91 Å². The van der Waals surface area contributed by atoms with Crippen molar-refractivity contribution in [3.05, 3.63) is 48.2 Å². The zero-order valence-electron chi connectivity index (χ0n) is 15.0. The van der Waals surface area contributed by atoms with E-state index in [4.69, 9.17) is 9.47 Å². The monoisotopic (exact) mass is 327 g/mol. The second kappa shape index (κ2) is 7.21.